The number of likely N-dealkylation sites (tertiary alicyclic amines) is 1. The maximum absolute atomic E-state index is 13.2. The Hall–Kier alpha value is -3.03. The summed E-state index contributed by atoms with van der Waals surface area (Å²) in [6.07, 6.45) is 6.98. The molecule has 1 aliphatic heterocycles. The molecular formula is C23H26FN5O2. The molecule has 0 radical (unpaired) electrons. The summed E-state index contributed by atoms with van der Waals surface area (Å²) in [5.74, 6) is 1.62. The maximum atomic E-state index is 13.2. The van der Waals surface area contributed by atoms with Crippen LogP contribution in [0.4, 0.5) is 4.39 Å². The van der Waals surface area contributed by atoms with Crippen molar-refractivity contribution in [1.82, 2.24) is 24.8 Å². The molecule has 0 N–H and O–H groups in total. The van der Waals surface area contributed by atoms with Crippen LogP contribution in [0.5, 0.6) is 0 Å². The van der Waals surface area contributed by atoms with Crippen LogP contribution in [-0.2, 0) is 16.8 Å². The number of hydrogen-bond donors (Lipinski definition) is 0. The van der Waals surface area contributed by atoms with Crippen LogP contribution in [0.3, 0.4) is 0 Å². The normalized spacial score (nSPS) is 18.3. The summed E-state index contributed by atoms with van der Waals surface area (Å²) in [6.45, 7) is 3.53. The molecule has 2 aliphatic rings. The van der Waals surface area contributed by atoms with E-state index < -0.39 is 0 Å². The van der Waals surface area contributed by atoms with Gasteiger partial charge < -0.3 is 9.42 Å². The second kappa shape index (κ2) is 7.90. The van der Waals surface area contributed by atoms with Crippen LogP contribution in [0, 0.1) is 18.7 Å². The van der Waals surface area contributed by atoms with Gasteiger partial charge in [-0.15, -0.1) is 0 Å². The fourth-order valence-corrected chi connectivity index (χ4v) is 4.52. The van der Waals surface area contributed by atoms with Crippen LogP contribution in [-0.4, -0.2) is 43.8 Å². The van der Waals surface area contributed by atoms with Crippen molar-refractivity contribution in [3.63, 3.8) is 0 Å². The van der Waals surface area contributed by atoms with Gasteiger partial charge in [0.1, 0.15) is 12.4 Å². The average molecular weight is 423 g/mol. The second-order valence-electron chi connectivity index (χ2n) is 8.89. The molecule has 3 aromatic rings. The van der Waals surface area contributed by atoms with Crippen molar-refractivity contribution in [1.29, 1.82) is 0 Å². The Morgan fingerprint density at radius 1 is 1.19 bits per heavy atom. The topological polar surface area (TPSA) is 77.0 Å². The van der Waals surface area contributed by atoms with Gasteiger partial charge in [-0.2, -0.15) is 10.1 Å². The standard InChI is InChI=1S/C23H26FN5O2/c1-16-8-11-29(26-16)15-20(30)28-12-9-23(10-13-28,14-17-2-3-17)22-25-21(31-27-22)18-4-6-19(24)7-5-18/h4-8,11,17H,2-3,9-10,12-15H2,1H3. The van der Waals surface area contributed by atoms with Gasteiger partial charge in [-0.25, -0.2) is 4.39 Å². The Labute approximate surface area is 180 Å². The highest BCUT2D eigenvalue weighted by Crippen LogP contribution is 2.46. The highest BCUT2D eigenvalue weighted by atomic mass is 19.1. The first kappa shape index (κ1) is 19.9. The third kappa shape index (κ3) is 4.24. The summed E-state index contributed by atoms with van der Waals surface area (Å²) in [5.41, 5.74) is 1.44. The summed E-state index contributed by atoms with van der Waals surface area (Å²) in [6, 6.07) is 7.99. The van der Waals surface area contributed by atoms with Crippen LogP contribution in [0.2, 0.25) is 0 Å². The molecule has 7 nitrogen and oxygen atoms in total. The van der Waals surface area contributed by atoms with E-state index in [0.29, 0.717) is 36.3 Å². The van der Waals surface area contributed by atoms with Gasteiger partial charge in [0.2, 0.25) is 5.91 Å². The number of halogens is 1. The van der Waals surface area contributed by atoms with Gasteiger partial charge in [0, 0.05) is 30.3 Å². The summed E-state index contributed by atoms with van der Waals surface area (Å²) in [5, 5.41) is 8.65. The zero-order valence-electron chi connectivity index (χ0n) is 17.6. The summed E-state index contributed by atoms with van der Waals surface area (Å²) < 4.78 is 20.5. The number of benzene rings is 1. The Morgan fingerprint density at radius 3 is 2.58 bits per heavy atom. The molecule has 1 aliphatic carbocycles. The summed E-state index contributed by atoms with van der Waals surface area (Å²) in [4.78, 5) is 19.4. The van der Waals surface area contributed by atoms with E-state index in [0.717, 1.165) is 25.0 Å². The van der Waals surface area contributed by atoms with E-state index in [1.54, 1.807) is 16.8 Å². The fourth-order valence-electron chi connectivity index (χ4n) is 4.52. The number of aromatic nitrogens is 4. The molecular weight excluding hydrogens is 397 g/mol. The number of amides is 1. The van der Waals surface area contributed by atoms with Crippen LogP contribution in [0.15, 0.2) is 41.1 Å². The molecule has 1 saturated carbocycles. The molecule has 1 amide bonds. The lowest BCUT2D eigenvalue weighted by atomic mass is 9.73. The number of nitrogens with zero attached hydrogens (tertiary/aromatic N) is 5. The minimum atomic E-state index is -0.295. The van der Waals surface area contributed by atoms with Gasteiger partial charge in [-0.05, 0) is 62.4 Å². The van der Waals surface area contributed by atoms with E-state index in [-0.39, 0.29) is 23.7 Å². The molecule has 2 aromatic heterocycles. The first-order chi connectivity index (χ1) is 15.0. The van der Waals surface area contributed by atoms with Gasteiger partial charge >= 0.3 is 0 Å². The predicted octanol–water partition coefficient (Wildman–Crippen LogP) is 3.74. The van der Waals surface area contributed by atoms with Gasteiger partial charge in [0.05, 0.1) is 5.69 Å². The van der Waals surface area contributed by atoms with Crippen molar-refractivity contribution in [2.24, 2.45) is 5.92 Å². The molecule has 0 spiro atoms. The van der Waals surface area contributed by atoms with E-state index in [2.05, 4.69) is 10.3 Å². The van der Waals surface area contributed by atoms with Crippen molar-refractivity contribution in [3.05, 3.63) is 53.9 Å². The first-order valence-electron chi connectivity index (χ1n) is 10.9. The maximum Gasteiger partial charge on any atom is 0.257 e. The zero-order chi connectivity index (χ0) is 21.4. The summed E-state index contributed by atoms with van der Waals surface area (Å²) >= 11 is 0. The van der Waals surface area contributed by atoms with E-state index in [4.69, 9.17) is 9.51 Å². The molecule has 3 heterocycles. The van der Waals surface area contributed by atoms with Crippen molar-refractivity contribution < 1.29 is 13.7 Å². The second-order valence-corrected chi connectivity index (χ2v) is 8.89. The quantitative estimate of drug-likeness (QED) is 0.604. The van der Waals surface area contributed by atoms with Gasteiger partial charge in [-0.1, -0.05) is 18.0 Å². The Morgan fingerprint density at radius 2 is 1.94 bits per heavy atom. The van der Waals surface area contributed by atoms with Gasteiger partial charge in [0.15, 0.2) is 5.82 Å². The Balaban J connectivity index is 1.31. The van der Waals surface area contributed by atoms with E-state index in [9.17, 15) is 9.18 Å². The molecule has 5 rings (SSSR count). The largest absolute Gasteiger partial charge is 0.341 e. The Kier molecular flexibility index (Phi) is 5.08. The SMILES string of the molecule is Cc1ccn(CC(=O)N2CCC(CC3CC3)(c3noc(-c4ccc(F)cc4)n3)CC2)n1. The number of aryl methyl sites for hydroxylation is 1. The van der Waals surface area contributed by atoms with Crippen LogP contribution < -0.4 is 0 Å². The predicted molar refractivity (Wildman–Crippen MR) is 111 cm³/mol. The molecule has 1 saturated heterocycles. The lowest BCUT2D eigenvalue weighted by Crippen LogP contribution is -2.47. The molecule has 1 aromatic carbocycles. The van der Waals surface area contributed by atoms with Crippen LogP contribution in [0.25, 0.3) is 11.5 Å². The highest BCUT2D eigenvalue weighted by Gasteiger charge is 2.44. The monoisotopic (exact) mass is 423 g/mol. The first-order valence-corrected chi connectivity index (χ1v) is 10.9. The van der Waals surface area contributed by atoms with Gasteiger partial charge in [-0.3, -0.25) is 9.48 Å². The molecule has 8 heteroatoms. The zero-order valence-corrected chi connectivity index (χ0v) is 17.6. The van der Waals surface area contributed by atoms with E-state index in [1.807, 2.05) is 24.1 Å². The molecule has 31 heavy (non-hydrogen) atoms. The van der Waals surface area contributed by atoms with Crippen LogP contribution in [0.1, 0.15) is 43.6 Å². The molecule has 0 unspecified atom stereocenters. The van der Waals surface area contributed by atoms with Crippen molar-refractivity contribution >= 4 is 5.91 Å². The minimum absolute atomic E-state index is 0.0863. The van der Waals surface area contributed by atoms with Crippen molar-refractivity contribution in [2.45, 2.75) is 51.0 Å². The third-order valence-electron chi connectivity index (χ3n) is 6.51. The highest BCUT2D eigenvalue weighted by molar-refractivity contribution is 5.76. The minimum Gasteiger partial charge on any atom is -0.341 e. The third-order valence-corrected chi connectivity index (χ3v) is 6.51. The van der Waals surface area contributed by atoms with Gasteiger partial charge in [0.25, 0.3) is 5.89 Å². The van der Waals surface area contributed by atoms with Crippen LogP contribution >= 0.6 is 0 Å². The smallest absolute Gasteiger partial charge is 0.257 e. The lowest BCUT2D eigenvalue weighted by Gasteiger charge is -2.40. The van der Waals surface area contributed by atoms with Crippen molar-refractivity contribution in [3.8, 4) is 11.5 Å². The number of hydrogen-bond acceptors (Lipinski definition) is 5. The fraction of sp³-hybridized carbons (Fsp3) is 0.478. The summed E-state index contributed by atoms with van der Waals surface area (Å²) in [7, 11) is 0. The lowest BCUT2D eigenvalue weighted by molar-refractivity contribution is -0.133. The molecule has 2 fully saturated rings. The number of rotatable bonds is 6. The number of carbonyl (C=O) groups excluding carboxylic acids is 1. The van der Waals surface area contributed by atoms with E-state index in [1.165, 1.54) is 25.0 Å². The number of piperidine rings is 1. The molecule has 0 atom stereocenters. The Bertz CT molecular complexity index is 1060. The molecule has 162 valence electrons. The number of carbonyl (C=O) groups is 1. The molecule has 0 bridgehead atoms. The van der Waals surface area contributed by atoms with Crippen molar-refractivity contribution in [2.75, 3.05) is 13.1 Å². The van der Waals surface area contributed by atoms with E-state index >= 15 is 0 Å². The average Bonchev–Trinajstić information content (AvgIpc) is 3.26.